The number of aromatic nitrogens is 2. The lowest BCUT2D eigenvalue weighted by Gasteiger charge is -2.30. The second-order valence-corrected chi connectivity index (χ2v) is 8.17. The van der Waals surface area contributed by atoms with Gasteiger partial charge in [-0.25, -0.2) is 12.7 Å². The van der Waals surface area contributed by atoms with E-state index >= 15 is 0 Å². The second kappa shape index (κ2) is 7.00. The summed E-state index contributed by atoms with van der Waals surface area (Å²) in [5, 5.41) is 7.30. The van der Waals surface area contributed by atoms with Gasteiger partial charge in [0.25, 0.3) is 0 Å². The van der Waals surface area contributed by atoms with E-state index < -0.39 is 10.0 Å². The molecule has 23 heavy (non-hydrogen) atoms. The first-order valence-corrected chi connectivity index (χ1v) is 9.86. The van der Waals surface area contributed by atoms with Crippen molar-refractivity contribution in [2.75, 3.05) is 19.3 Å². The van der Waals surface area contributed by atoms with Gasteiger partial charge in [-0.15, -0.1) is 0 Å². The quantitative estimate of drug-likeness (QED) is 0.867. The third-order valence-corrected chi connectivity index (χ3v) is 5.76. The first kappa shape index (κ1) is 17.9. The molecule has 1 amide bonds. The third kappa shape index (κ3) is 4.11. The molecule has 2 rings (SSSR count). The lowest BCUT2D eigenvalue weighted by molar-refractivity contribution is -0.126. The highest BCUT2D eigenvalue weighted by Crippen LogP contribution is 2.21. The molecule has 2 heterocycles. The van der Waals surface area contributed by atoms with E-state index in [4.69, 9.17) is 0 Å². The zero-order valence-electron chi connectivity index (χ0n) is 14.2. The summed E-state index contributed by atoms with van der Waals surface area (Å²) in [6, 6.07) is -0.142. The zero-order valence-corrected chi connectivity index (χ0v) is 15.1. The zero-order chi connectivity index (χ0) is 17.2. The Balaban J connectivity index is 2.02. The molecule has 1 aromatic heterocycles. The van der Waals surface area contributed by atoms with Gasteiger partial charge in [0, 0.05) is 30.9 Å². The van der Waals surface area contributed by atoms with Crippen LogP contribution < -0.4 is 5.32 Å². The van der Waals surface area contributed by atoms with Gasteiger partial charge in [0.2, 0.25) is 15.9 Å². The molecule has 1 aliphatic heterocycles. The van der Waals surface area contributed by atoms with Crippen molar-refractivity contribution in [3.63, 3.8) is 0 Å². The van der Waals surface area contributed by atoms with Gasteiger partial charge in [0.05, 0.1) is 24.4 Å². The van der Waals surface area contributed by atoms with Gasteiger partial charge in [-0.3, -0.25) is 9.48 Å². The number of hydrogen-bond acceptors (Lipinski definition) is 4. The Morgan fingerprint density at radius 1 is 1.52 bits per heavy atom. The number of nitrogens with zero attached hydrogens (tertiary/aromatic N) is 3. The normalized spacial score (nSPS) is 21.1. The highest BCUT2D eigenvalue weighted by molar-refractivity contribution is 7.88. The van der Waals surface area contributed by atoms with Crippen LogP contribution in [0.4, 0.5) is 0 Å². The maximum atomic E-state index is 12.5. The Labute approximate surface area is 138 Å². The average molecular weight is 342 g/mol. The van der Waals surface area contributed by atoms with Crippen LogP contribution in [0.5, 0.6) is 0 Å². The third-order valence-electron chi connectivity index (χ3n) is 4.49. The smallest absolute Gasteiger partial charge is 0.224 e. The van der Waals surface area contributed by atoms with Crippen molar-refractivity contribution in [2.24, 2.45) is 5.92 Å². The first-order valence-electron chi connectivity index (χ1n) is 8.01. The Hall–Kier alpha value is -1.41. The van der Waals surface area contributed by atoms with Gasteiger partial charge in [-0.1, -0.05) is 0 Å². The Morgan fingerprint density at radius 3 is 2.78 bits per heavy atom. The summed E-state index contributed by atoms with van der Waals surface area (Å²) >= 11 is 0. The molecule has 130 valence electrons. The van der Waals surface area contributed by atoms with Crippen LogP contribution >= 0.6 is 0 Å². The van der Waals surface area contributed by atoms with Crippen molar-refractivity contribution in [3.05, 3.63) is 17.5 Å². The summed E-state index contributed by atoms with van der Waals surface area (Å²) in [6.07, 6.45) is 4.41. The molecule has 0 saturated carbocycles. The van der Waals surface area contributed by atoms with E-state index in [-0.39, 0.29) is 24.4 Å². The van der Waals surface area contributed by atoms with E-state index in [1.165, 1.54) is 10.6 Å². The molecule has 2 atom stereocenters. The SMILES string of the molecule is CCn1ncc([C@H](C)NC(=O)[C@@H]2CCCN(S(C)(=O)=O)C2)c1C. The lowest BCUT2D eigenvalue weighted by Crippen LogP contribution is -2.45. The predicted octanol–water partition coefficient (Wildman–Crippen LogP) is 1.06. The van der Waals surface area contributed by atoms with E-state index in [0.29, 0.717) is 13.0 Å². The Kier molecular flexibility index (Phi) is 5.46. The van der Waals surface area contributed by atoms with E-state index in [2.05, 4.69) is 10.4 Å². The summed E-state index contributed by atoms with van der Waals surface area (Å²) in [6.45, 7) is 7.50. The van der Waals surface area contributed by atoms with Crippen LogP contribution in [0.15, 0.2) is 6.20 Å². The van der Waals surface area contributed by atoms with Gasteiger partial charge in [-0.05, 0) is 33.6 Å². The van der Waals surface area contributed by atoms with Crippen molar-refractivity contribution in [1.29, 1.82) is 0 Å². The van der Waals surface area contributed by atoms with Gasteiger partial charge in [0.15, 0.2) is 0 Å². The minimum Gasteiger partial charge on any atom is -0.349 e. The van der Waals surface area contributed by atoms with Crippen molar-refractivity contribution >= 4 is 15.9 Å². The standard InChI is InChI=1S/C15H26N4O3S/c1-5-19-12(3)14(9-16-19)11(2)17-15(20)13-7-6-8-18(10-13)23(4,21)22/h9,11,13H,5-8,10H2,1-4H3,(H,17,20)/t11-,13+/m0/s1. The Morgan fingerprint density at radius 2 is 2.22 bits per heavy atom. The van der Waals surface area contributed by atoms with Crippen LogP contribution in [0.1, 0.15) is 44.0 Å². The molecule has 1 aromatic rings. The number of sulfonamides is 1. The van der Waals surface area contributed by atoms with Crippen LogP contribution in [0.25, 0.3) is 0 Å². The number of nitrogens with one attached hydrogen (secondary N) is 1. The molecular weight excluding hydrogens is 316 g/mol. The summed E-state index contributed by atoms with van der Waals surface area (Å²) in [5.41, 5.74) is 2.04. The fourth-order valence-corrected chi connectivity index (χ4v) is 3.98. The number of aryl methyl sites for hydroxylation is 1. The Bertz CT molecular complexity index is 668. The maximum absolute atomic E-state index is 12.5. The van der Waals surface area contributed by atoms with Crippen LogP contribution in [0.2, 0.25) is 0 Å². The molecule has 0 aliphatic carbocycles. The molecule has 1 fully saturated rings. The molecule has 1 aliphatic rings. The van der Waals surface area contributed by atoms with Gasteiger partial charge >= 0.3 is 0 Å². The van der Waals surface area contributed by atoms with Crippen LogP contribution in [-0.4, -0.2) is 47.8 Å². The molecule has 0 aromatic carbocycles. The molecule has 0 radical (unpaired) electrons. The topological polar surface area (TPSA) is 84.3 Å². The maximum Gasteiger partial charge on any atom is 0.224 e. The summed E-state index contributed by atoms with van der Waals surface area (Å²) < 4.78 is 26.6. The number of rotatable bonds is 5. The van der Waals surface area contributed by atoms with Crippen LogP contribution in [0.3, 0.4) is 0 Å². The fraction of sp³-hybridized carbons (Fsp3) is 0.733. The van der Waals surface area contributed by atoms with Crippen LogP contribution in [0, 0.1) is 12.8 Å². The van der Waals surface area contributed by atoms with E-state index in [0.717, 1.165) is 24.2 Å². The molecule has 1 N–H and O–H groups in total. The molecular formula is C15H26N4O3S. The van der Waals surface area contributed by atoms with Gasteiger partial charge in [-0.2, -0.15) is 5.10 Å². The van der Waals surface area contributed by atoms with E-state index in [9.17, 15) is 13.2 Å². The molecule has 0 bridgehead atoms. The number of carbonyl (C=O) groups is 1. The number of piperidine rings is 1. The minimum atomic E-state index is -3.24. The van der Waals surface area contributed by atoms with Crippen molar-refractivity contribution < 1.29 is 13.2 Å². The highest BCUT2D eigenvalue weighted by Gasteiger charge is 2.31. The predicted molar refractivity (Wildman–Crippen MR) is 88.3 cm³/mol. The monoisotopic (exact) mass is 342 g/mol. The van der Waals surface area contributed by atoms with E-state index in [1.54, 1.807) is 6.20 Å². The number of carbonyl (C=O) groups excluding carboxylic acids is 1. The molecule has 0 unspecified atom stereocenters. The second-order valence-electron chi connectivity index (χ2n) is 6.19. The lowest BCUT2D eigenvalue weighted by atomic mass is 9.98. The van der Waals surface area contributed by atoms with Crippen molar-refractivity contribution in [3.8, 4) is 0 Å². The largest absolute Gasteiger partial charge is 0.349 e. The summed E-state index contributed by atoms with van der Waals surface area (Å²) in [7, 11) is -3.24. The number of amides is 1. The fourth-order valence-electron chi connectivity index (χ4n) is 3.07. The summed E-state index contributed by atoms with van der Waals surface area (Å²) in [4.78, 5) is 12.5. The van der Waals surface area contributed by atoms with Crippen molar-refractivity contribution in [1.82, 2.24) is 19.4 Å². The highest BCUT2D eigenvalue weighted by atomic mass is 32.2. The molecule has 8 heteroatoms. The molecule has 7 nitrogen and oxygen atoms in total. The van der Waals surface area contributed by atoms with Crippen LogP contribution in [-0.2, 0) is 21.4 Å². The number of hydrogen-bond donors (Lipinski definition) is 1. The average Bonchev–Trinajstić information content (AvgIpc) is 2.87. The van der Waals surface area contributed by atoms with Gasteiger partial charge < -0.3 is 5.32 Å². The summed E-state index contributed by atoms with van der Waals surface area (Å²) in [5.74, 6) is -0.378. The molecule has 1 saturated heterocycles. The first-order chi connectivity index (χ1) is 10.7. The van der Waals surface area contributed by atoms with Crippen molar-refractivity contribution in [2.45, 2.75) is 46.2 Å². The minimum absolute atomic E-state index is 0.0884. The van der Waals surface area contributed by atoms with E-state index in [1.807, 2.05) is 25.5 Å². The molecule has 0 spiro atoms. The van der Waals surface area contributed by atoms with Gasteiger partial charge in [0.1, 0.15) is 0 Å².